The van der Waals surface area contributed by atoms with Gasteiger partial charge in [0.25, 0.3) is 0 Å². The number of hydrogen-bond acceptors (Lipinski definition) is 5. The van der Waals surface area contributed by atoms with E-state index in [9.17, 15) is 0 Å². The maximum absolute atomic E-state index is 9.10. The monoisotopic (exact) mass is 337 g/mol. The van der Waals surface area contributed by atoms with Gasteiger partial charge in [0.2, 0.25) is 0 Å². The van der Waals surface area contributed by atoms with Crippen LogP contribution < -0.4 is 0 Å². The number of piperidine rings is 1. The Morgan fingerprint density at radius 3 is 2.76 bits per heavy atom. The third kappa shape index (κ3) is 3.30. The zero-order valence-corrected chi connectivity index (χ0v) is 14.5. The van der Waals surface area contributed by atoms with Crippen LogP contribution in [0.4, 0.5) is 0 Å². The molecule has 0 saturated carbocycles. The Kier molecular flexibility index (Phi) is 4.51. The molecule has 2 atom stereocenters. The zero-order valence-electron chi connectivity index (χ0n) is 14.5. The van der Waals surface area contributed by atoms with Gasteiger partial charge in [0.1, 0.15) is 5.69 Å². The predicted molar refractivity (Wildman–Crippen MR) is 92.5 cm³/mol. The standard InChI is InChI=1S/C19H23N5O/c1-25-13-16-12-24(22-21-16)19-8-17-5-6-18(9-19)23(17)11-15-4-2-3-14(7-15)10-20/h2-4,7,12,17-19H,5-6,8-9,11,13H2,1H3. The molecule has 2 bridgehead atoms. The van der Waals surface area contributed by atoms with E-state index >= 15 is 0 Å². The van der Waals surface area contributed by atoms with E-state index in [1.807, 2.05) is 29.1 Å². The van der Waals surface area contributed by atoms with Gasteiger partial charge >= 0.3 is 0 Å². The second-order valence-electron chi connectivity index (χ2n) is 7.12. The summed E-state index contributed by atoms with van der Waals surface area (Å²) in [5.41, 5.74) is 2.87. The fourth-order valence-corrected chi connectivity index (χ4v) is 4.38. The number of nitriles is 1. The Bertz CT molecular complexity index is 766. The highest BCUT2D eigenvalue weighted by molar-refractivity contribution is 5.32. The van der Waals surface area contributed by atoms with Crippen molar-refractivity contribution < 1.29 is 4.74 Å². The predicted octanol–water partition coefficient (Wildman–Crippen LogP) is 2.66. The molecule has 2 aromatic rings. The Balaban J connectivity index is 1.45. The average molecular weight is 337 g/mol. The van der Waals surface area contributed by atoms with Crippen molar-refractivity contribution in [2.24, 2.45) is 0 Å². The highest BCUT2D eigenvalue weighted by atomic mass is 16.5. The van der Waals surface area contributed by atoms with Crippen molar-refractivity contribution in [2.75, 3.05) is 7.11 Å². The van der Waals surface area contributed by atoms with Crippen LogP contribution in [0.1, 0.15) is 48.5 Å². The molecule has 2 unspecified atom stereocenters. The van der Waals surface area contributed by atoms with Gasteiger partial charge in [-0.1, -0.05) is 17.3 Å². The summed E-state index contributed by atoms with van der Waals surface area (Å²) in [5.74, 6) is 0. The summed E-state index contributed by atoms with van der Waals surface area (Å²) in [4.78, 5) is 2.62. The van der Waals surface area contributed by atoms with Crippen LogP contribution in [-0.4, -0.2) is 39.1 Å². The molecule has 4 rings (SSSR count). The largest absolute Gasteiger partial charge is 0.378 e. The highest BCUT2D eigenvalue weighted by Crippen LogP contribution is 2.41. The van der Waals surface area contributed by atoms with Crippen LogP contribution in [0, 0.1) is 11.3 Å². The number of fused-ring (bicyclic) bond motifs is 2. The van der Waals surface area contributed by atoms with Crippen molar-refractivity contribution in [3.05, 3.63) is 47.3 Å². The number of benzene rings is 1. The first-order valence-electron chi connectivity index (χ1n) is 8.91. The molecule has 6 heteroatoms. The fourth-order valence-electron chi connectivity index (χ4n) is 4.38. The van der Waals surface area contributed by atoms with Crippen LogP contribution in [-0.2, 0) is 17.9 Å². The molecule has 0 amide bonds. The van der Waals surface area contributed by atoms with E-state index in [1.165, 1.54) is 18.4 Å². The first kappa shape index (κ1) is 16.2. The number of aromatic nitrogens is 3. The number of hydrogen-bond donors (Lipinski definition) is 0. The summed E-state index contributed by atoms with van der Waals surface area (Å²) in [7, 11) is 1.68. The molecule has 6 nitrogen and oxygen atoms in total. The average Bonchev–Trinajstić information content (AvgIpc) is 3.17. The summed E-state index contributed by atoms with van der Waals surface area (Å²) in [6.45, 7) is 1.45. The molecule has 0 spiro atoms. The summed E-state index contributed by atoms with van der Waals surface area (Å²) in [5, 5.41) is 17.6. The first-order chi connectivity index (χ1) is 12.3. The van der Waals surface area contributed by atoms with E-state index in [2.05, 4.69) is 27.3 Å². The van der Waals surface area contributed by atoms with Crippen molar-refractivity contribution in [1.29, 1.82) is 5.26 Å². The maximum atomic E-state index is 9.10. The van der Waals surface area contributed by atoms with Crippen LogP contribution in [0.5, 0.6) is 0 Å². The molecular weight excluding hydrogens is 314 g/mol. The van der Waals surface area contributed by atoms with E-state index in [0.717, 1.165) is 30.6 Å². The minimum absolute atomic E-state index is 0.428. The third-order valence-corrected chi connectivity index (χ3v) is 5.50. The van der Waals surface area contributed by atoms with Gasteiger partial charge in [-0.2, -0.15) is 5.26 Å². The number of rotatable bonds is 5. The molecule has 2 fully saturated rings. The normalized spacial score (nSPS) is 25.8. The molecule has 2 saturated heterocycles. The van der Waals surface area contributed by atoms with E-state index < -0.39 is 0 Å². The summed E-state index contributed by atoms with van der Waals surface area (Å²) >= 11 is 0. The lowest BCUT2D eigenvalue weighted by molar-refractivity contribution is 0.0944. The fraction of sp³-hybridized carbons (Fsp3) is 0.526. The van der Waals surface area contributed by atoms with Crippen LogP contribution in [0.15, 0.2) is 30.5 Å². The van der Waals surface area contributed by atoms with E-state index in [4.69, 9.17) is 10.00 Å². The van der Waals surface area contributed by atoms with Crippen molar-refractivity contribution in [2.45, 2.75) is 57.0 Å². The van der Waals surface area contributed by atoms with Gasteiger partial charge in [-0.15, -0.1) is 5.10 Å². The van der Waals surface area contributed by atoms with E-state index in [-0.39, 0.29) is 0 Å². The Hall–Kier alpha value is -2.23. The van der Waals surface area contributed by atoms with Gasteiger partial charge in [-0.05, 0) is 43.4 Å². The molecule has 2 aliphatic heterocycles. The SMILES string of the molecule is COCc1cn(C2CC3CCC(C2)N3Cc2cccc(C#N)c2)nn1. The lowest BCUT2D eigenvalue weighted by Crippen LogP contribution is -2.43. The van der Waals surface area contributed by atoms with Gasteiger partial charge in [0.15, 0.2) is 0 Å². The van der Waals surface area contributed by atoms with Crippen molar-refractivity contribution in [3.8, 4) is 6.07 Å². The minimum Gasteiger partial charge on any atom is -0.378 e. The van der Waals surface area contributed by atoms with Crippen molar-refractivity contribution >= 4 is 0 Å². The molecule has 3 heterocycles. The van der Waals surface area contributed by atoms with Crippen molar-refractivity contribution in [3.63, 3.8) is 0 Å². The topological polar surface area (TPSA) is 67.0 Å². The third-order valence-electron chi connectivity index (χ3n) is 5.50. The summed E-state index contributed by atoms with van der Waals surface area (Å²) < 4.78 is 7.17. The minimum atomic E-state index is 0.428. The second-order valence-corrected chi connectivity index (χ2v) is 7.12. The van der Waals surface area contributed by atoms with Crippen LogP contribution >= 0.6 is 0 Å². The number of ether oxygens (including phenoxy) is 1. The summed E-state index contributed by atoms with van der Waals surface area (Å²) in [6.07, 6.45) is 6.76. The quantitative estimate of drug-likeness (QED) is 0.839. The van der Waals surface area contributed by atoms with Gasteiger partial charge < -0.3 is 4.74 Å². The second kappa shape index (κ2) is 6.95. The maximum Gasteiger partial charge on any atom is 0.108 e. The van der Waals surface area contributed by atoms with Gasteiger partial charge in [-0.25, -0.2) is 4.68 Å². The van der Waals surface area contributed by atoms with Crippen LogP contribution in [0.2, 0.25) is 0 Å². The molecule has 1 aromatic carbocycles. The Morgan fingerprint density at radius 2 is 2.04 bits per heavy atom. The Morgan fingerprint density at radius 1 is 1.24 bits per heavy atom. The molecule has 0 aliphatic carbocycles. The lowest BCUT2D eigenvalue weighted by atomic mass is 9.96. The molecule has 0 radical (unpaired) electrons. The number of nitrogens with zero attached hydrogens (tertiary/aromatic N) is 5. The van der Waals surface area contributed by atoms with Gasteiger partial charge in [-0.3, -0.25) is 4.90 Å². The van der Waals surface area contributed by atoms with Crippen molar-refractivity contribution in [1.82, 2.24) is 19.9 Å². The van der Waals surface area contributed by atoms with Crippen LogP contribution in [0.25, 0.3) is 0 Å². The number of methoxy groups -OCH3 is 1. The molecule has 0 N–H and O–H groups in total. The Labute approximate surface area is 148 Å². The van der Waals surface area contributed by atoms with E-state index in [1.54, 1.807) is 7.11 Å². The van der Waals surface area contributed by atoms with E-state index in [0.29, 0.717) is 24.7 Å². The highest BCUT2D eigenvalue weighted by Gasteiger charge is 2.41. The van der Waals surface area contributed by atoms with Gasteiger partial charge in [0, 0.05) is 25.7 Å². The molecule has 1 aromatic heterocycles. The lowest BCUT2D eigenvalue weighted by Gasteiger charge is -2.38. The molecule has 25 heavy (non-hydrogen) atoms. The summed E-state index contributed by atoms with van der Waals surface area (Å²) in [6, 6.07) is 11.8. The van der Waals surface area contributed by atoms with Crippen LogP contribution in [0.3, 0.4) is 0 Å². The molecular formula is C19H23N5O. The van der Waals surface area contributed by atoms with Gasteiger partial charge in [0.05, 0.1) is 30.5 Å². The zero-order chi connectivity index (χ0) is 17.2. The molecule has 130 valence electrons. The first-order valence-corrected chi connectivity index (χ1v) is 8.91. The smallest absolute Gasteiger partial charge is 0.108 e. The molecule has 2 aliphatic rings.